The molecule has 2 atom stereocenters. The van der Waals surface area contributed by atoms with Gasteiger partial charge in [0.15, 0.2) is 0 Å². The standard InChI is InChI=1S/C21H28N8O/c1-13(22)10-11-25-14-6-8-15(9-7-14)27-20-16(19(24)30)12-26-21(29-20)28-18-5-3-2-4-17(18)23/h6-12,17-18,22,25H,2-5,23H2,1H3,(H2,24,30)(H2,26,27,28,29)/b11-10-,22-13?/t17-,18+/m0/s1. The summed E-state index contributed by atoms with van der Waals surface area (Å²) in [5.41, 5.74) is 14.0. The predicted molar refractivity (Wildman–Crippen MR) is 120 cm³/mol. The monoisotopic (exact) mass is 408 g/mol. The third-order valence-corrected chi connectivity index (χ3v) is 4.92. The molecule has 8 N–H and O–H groups in total. The van der Waals surface area contributed by atoms with Crippen LogP contribution in [0.3, 0.4) is 0 Å². The van der Waals surface area contributed by atoms with Crippen LogP contribution in [0.4, 0.5) is 23.1 Å². The summed E-state index contributed by atoms with van der Waals surface area (Å²) < 4.78 is 0. The van der Waals surface area contributed by atoms with E-state index in [1.54, 1.807) is 19.2 Å². The number of allylic oxidation sites excluding steroid dienone is 1. The molecule has 2 aromatic rings. The Kier molecular flexibility index (Phi) is 6.97. The van der Waals surface area contributed by atoms with Gasteiger partial charge in [0.2, 0.25) is 5.95 Å². The van der Waals surface area contributed by atoms with Gasteiger partial charge in [-0.3, -0.25) is 4.79 Å². The van der Waals surface area contributed by atoms with Crippen LogP contribution < -0.4 is 27.4 Å². The SMILES string of the molecule is CC(=N)/C=C\Nc1ccc(Nc2nc(N[C@@H]3CCCC[C@@H]3N)ncc2C(N)=O)cc1. The van der Waals surface area contributed by atoms with Crippen molar-refractivity contribution in [2.24, 2.45) is 11.5 Å². The normalized spacial score (nSPS) is 18.7. The van der Waals surface area contributed by atoms with Crippen LogP contribution in [0.15, 0.2) is 42.7 Å². The molecule has 1 aliphatic carbocycles. The van der Waals surface area contributed by atoms with E-state index in [4.69, 9.17) is 16.9 Å². The van der Waals surface area contributed by atoms with Gasteiger partial charge in [-0.05, 0) is 50.1 Å². The Morgan fingerprint density at radius 1 is 1.20 bits per heavy atom. The second-order valence-electron chi connectivity index (χ2n) is 7.38. The van der Waals surface area contributed by atoms with Gasteiger partial charge < -0.3 is 32.8 Å². The number of carbonyl (C=O) groups is 1. The van der Waals surface area contributed by atoms with Gasteiger partial charge in [0.1, 0.15) is 11.4 Å². The highest BCUT2D eigenvalue weighted by Crippen LogP contribution is 2.23. The maximum atomic E-state index is 11.8. The van der Waals surface area contributed by atoms with Crippen LogP contribution in [0.2, 0.25) is 0 Å². The van der Waals surface area contributed by atoms with E-state index < -0.39 is 5.91 Å². The number of aromatic nitrogens is 2. The smallest absolute Gasteiger partial charge is 0.254 e. The number of carbonyl (C=O) groups excluding carboxylic acids is 1. The number of primary amides is 1. The first-order valence-corrected chi connectivity index (χ1v) is 9.96. The Balaban J connectivity index is 1.74. The zero-order valence-electron chi connectivity index (χ0n) is 17.0. The topological polar surface area (TPSA) is 155 Å². The molecule has 30 heavy (non-hydrogen) atoms. The Bertz CT molecular complexity index is 925. The van der Waals surface area contributed by atoms with Gasteiger partial charge in [-0.15, -0.1) is 0 Å². The number of benzene rings is 1. The molecule has 3 rings (SSSR count). The first-order valence-electron chi connectivity index (χ1n) is 9.96. The lowest BCUT2D eigenvalue weighted by molar-refractivity contribution is 0.100. The van der Waals surface area contributed by atoms with Gasteiger partial charge in [-0.1, -0.05) is 12.8 Å². The summed E-state index contributed by atoms with van der Waals surface area (Å²) in [6, 6.07) is 7.61. The van der Waals surface area contributed by atoms with Crippen molar-refractivity contribution in [1.29, 1.82) is 5.41 Å². The Morgan fingerprint density at radius 2 is 1.90 bits per heavy atom. The molecule has 0 bridgehead atoms. The molecule has 0 aliphatic heterocycles. The minimum absolute atomic E-state index is 0.0557. The molecular weight excluding hydrogens is 380 g/mol. The van der Waals surface area contributed by atoms with Gasteiger partial charge in [0.25, 0.3) is 5.91 Å². The average Bonchev–Trinajstić information content (AvgIpc) is 2.71. The molecule has 1 aliphatic rings. The summed E-state index contributed by atoms with van der Waals surface area (Å²) in [4.78, 5) is 20.5. The summed E-state index contributed by atoms with van der Waals surface area (Å²) in [5.74, 6) is 0.142. The van der Waals surface area contributed by atoms with Crippen molar-refractivity contribution in [2.45, 2.75) is 44.7 Å². The molecule has 0 radical (unpaired) electrons. The predicted octanol–water partition coefficient (Wildman–Crippen LogP) is 2.97. The minimum Gasteiger partial charge on any atom is -0.365 e. The first kappa shape index (κ1) is 21.3. The zero-order chi connectivity index (χ0) is 21.5. The molecule has 1 fully saturated rings. The molecule has 1 aromatic heterocycles. The van der Waals surface area contributed by atoms with Crippen LogP contribution >= 0.6 is 0 Å². The molecule has 1 aromatic carbocycles. The summed E-state index contributed by atoms with van der Waals surface area (Å²) in [6.07, 6.45) is 8.98. The molecular formula is C21H28N8O. The summed E-state index contributed by atoms with van der Waals surface area (Å²) >= 11 is 0. The van der Waals surface area contributed by atoms with Gasteiger partial charge in [0, 0.05) is 41.6 Å². The lowest BCUT2D eigenvalue weighted by Gasteiger charge is -2.29. The van der Waals surface area contributed by atoms with Crippen molar-refractivity contribution in [3.8, 4) is 0 Å². The van der Waals surface area contributed by atoms with E-state index in [1.165, 1.54) is 6.20 Å². The van der Waals surface area contributed by atoms with E-state index in [9.17, 15) is 4.79 Å². The largest absolute Gasteiger partial charge is 0.365 e. The fourth-order valence-electron chi connectivity index (χ4n) is 3.28. The third kappa shape index (κ3) is 5.77. The second-order valence-corrected chi connectivity index (χ2v) is 7.38. The van der Waals surface area contributed by atoms with Crippen molar-refractivity contribution >= 4 is 34.8 Å². The summed E-state index contributed by atoms with van der Waals surface area (Å²) in [6.45, 7) is 1.70. The van der Waals surface area contributed by atoms with Crippen molar-refractivity contribution in [2.75, 3.05) is 16.0 Å². The molecule has 0 saturated heterocycles. The molecule has 1 heterocycles. The average molecular weight is 409 g/mol. The molecule has 158 valence electrons. The number of amides is 1. The number of nitrogens with one attached hydrogen (secondary N) is 4. The lowest BCUT2D eigenvalue weighted by Crippen LogP contribution is -2.43. The van der Waals surface area contributed by atoms with Gasteiger partial charge >= 0.3 is 0 Å². The van der Waals surface area contributed by atoms with E-state index in [0.717, 1.165) is 37.1 Å². The third-order valence-electron chi connectivity index (χ3n) is 4.92. The van der Waals surface area contributed by atoms with Crippen LogP contribution in [-0.4, -0.2) is 33.7 Å². The fraction of sp³-hybridized carbons (Fsp3) is 0.333. The summed E-state index contributed by atoms with van der Waals surface area (Å²) in [5, 5.41) is 16.9. The van der Waals surface area contributed by atoms with E-state index in [0.29, 0.717) is 17.5 Å². The van der Waals surface area contributed by atoms with E-state index in [1.807, 2.05) is 24.3 Å². The Hall–Kier alpha value is -3.46. The molecule has 0 spiro atoms. The number of nitrogens with two attached hydrogens (primary N) is 2. The minimum atomic E-state index is -0.608. The van der Waals surface area contributed by atoms with Crippen LogP contribution in [-0.2, 0) is 0 Å². The van der Waals surface area contributed by atoms with Crippen LogP contribution in [0.5, 0.6) is 0 Å². The molecule has 1 saturated carbocycles. The van der Waals surface area contributed by atoms with E-state index in [-0.39, 0.29) is 17.6 Å². The molecule has 0 unspecified atom stereocenters. The van der Waals surface area contributed by atoms with Crippen molar-refractivity contribution in [3.05, 3.63) is 48.3 Å². The molecule has 9 nitrogen and oxygen atoms in total. The zero-order valence-corrected chi connectivity index (χ0v) is 17.0. The maximum absolute atomic E-state index is 11.8. The van der Waals surface area contributed by atoms with Crippen molar-refractivity contribution < 1.29 is 4.79 Å². The highest BCUT2D eigenvalue weighted by molar-refractivity contribution is 5.98. The van der Waals surface area contributed by atoms with Crippen LogP contribution in [0, 0.1) is 5.41 Å². The highest BCUT2D eigenvalue weighted by atomic mass is 16.1. The number of nitrogens with zero attached hydrogens (tertiary/aromatic N) is 2. The van der Waals surface area contributed by atoms with Gasteiger partial charge in [0.05, 0.1) is 0 Å². The van der Waals surface area contributed by atoms with Gasteiger partial charge in [-0.2, -0.15) is 4.98 Å². The fourth-order valence-corrected chi connectivity index (χ4v) is 3.28. The van der Waals surface area contributed by atoms with Crippen molar-refractivity contribution in [1.82, 2.24) is 9.97 Å². The summed E-state index contributed by atoms with van der Waals surface area (Å²) in [7, 11) is 0. The molecule has 9 heteroatoms. The number of anilines is 4. The maximum Gasteiger partial charge on any atom is 0.254 e. The van der Waals surface area contributed by atoms with Crippen LogP contribution in [0.1, 0.15) is 43.0 Å². The van der Waals surface area contributed by atoms with Crippen molar-refractivity contribution in [3.63, 3.8) is 0 Å². The van der Waals surface area contributed by atoms with E-state index in [2.05, 4.69) is 25.9 Å². The highest BCUT2D eigenvalue weighted by Gasteiger charge is 2.23. The van der Waals surface area contributed by atoms with Gasteiger partial charge in [-0.25, -0.2) is 4.98 Å². The van der Waals surface area contributed by atoms with E-state index >= 15 is 0 Å². The number of hydrogen-bond acceptors (Lipinski definition) is 8. The number of hydrogen-bond donors (Lipinski definition) is 6. The second kappa shape index (κ2) is 9.84. The molecule has 1 amide bonds. The Morgan fingerprint density at radius 3 is 2.57 bits per heavy atom. The quantitative estimate of drug-likeness (QED) is 0.367. The lowest BCUT2D eigenvalue weighted by atomic mass is 9.91. The van der Waals surface area contributed by atoms with Crippen LogP contribution in [0.25, 0.3) is 0 Å². The first-order chi connectivity index (χ1) is 14.4. The Labute approximate surface area is 175 Å². The number of rotatable bonds is 8.